The normalized spacial score (nSPS) is 15.1. The van der Waals surface area contributed by atoms with Crippen LogP contribution < -0.4 is 0 Å². The molecule has 148 valence electrons. The van der Waals surface area contributed by atoms with Gasteiger partial charge in [0.2, 0.25) is 0 Å². The van der Waals surface area contributed by atoms with E-state index in [1.165, 1.54) is 16.7 Å². The molecule has 7 heteroatoms. The van der Waals surface area contributed by atoms with Gasteiger partial charge in [-0.3, -0.25) is 4.99 Å². The molecule has 0 bridgehead atoms. The lowest BCUT2D eigenvalue weighted by Gasteiger charge is -2.25. The third-order valence-electron chi connectivity index (χ3n) is 4.23. The summed E-state index contributed by atoms with van der Waals surface area (Å²) in [7, 11) is 4.22. The zero-order valence-electron chi connectivity index (χ0n) is 15.8. The van der Waals surface area contributed by atoms with Crippen LogP contribution >= 0.6 is 11.6 Å². The van der Waals surface area contributed by atoms with Crippen LogP contribution in [-0.4, -0.2) is 59.4 Å². The van der Waals surface area contributed by atoms with E-state index in [1.54, 1.807) is 0 Å². The molecule has 3 rings (SSSR count). The van der Waals surface area contributed by atoms with Crippen molar-refractivity contribution in [1.29, 1.82) is 0 Å². The fourth-order valence-electron chi connectivity index (χ4n) is 2.90. The summed E-state index contributed by atoms with van der Waals surface area (Å²) in [5.74, 6) is -3.65. The van der Waals surface area contributed by atoms with Gasteiger partial charge < -0.3 is 15.1 Å². The Morgan fingerprint density at radius 2 is 1.75 bits per heavy atom. The molecule has 0 fully saturated rings. The van der Waals surface area contributed by atoms with E-state index in [0.29, 0.717) is 6.04 Å². The van der Waals surface area contributed by atoms with Crippen LogP contribution in [0.25, 0.3) is 0 Å². The van der Waals surface area contributed by atoms with E-state index in [9.17, 15) is 0 Å². The first kappa shape index (κ1) is 21.6. The van der Waals surface area contributed by atoms with Gasteiger partial charge in [0.1, 0.15) is 0 Å². The second-order valence-corrected chi connectivity index (χ2v) is 7.14. The van der Waals surface area contributed by atoms with Crippen molar-refractivity contribution in [2.75, 3.05) is 20.6 Å². The van der Waals surface area contributed by atoms with Crippen molar-refractivity contribution in [2.45, 2.75) is 18.9 Å². The Hall–Kier alpha value is -2.70. The first-order valence-electron chi connectivity index (χ1n) is 8.81. The Bertz CT molecular complexity index is 854. The maximum absolute atomic E-state index is 9.10. The second kappa shape index (κ2) is 10.0. The van der Waals surface area contributed by atoms with Gasteiger partial charge in [-0.15, -0.1) is 0 Å². The summed E-state index contributed by atoms with van der Waals surface area (Å²) in [5, 5.41) is 15.6. The lowest BCUT2D eigenvalue weighted by Crippen LogP contribution is -2.25. The molecule has 2 N–H and O–H groups in total. The quantitative estimate of drug-likeness (QED) is 0.766. The smallest absolute Gasteiger partial charge is 0.414 e. The van der Waals surface area contributed by atoms with Crippen LogP contribution in [0.1, 0.15) is 23.1 Å². The molecule has 1 aliphatic heterocycles. The molecule has 2 aromatic rings. The van der Waals surface area contributed by atoms with Crippen molar-refractivity contribution in [3.05, 3.63) is 70.2 Å². The number of aliphatic carboxylic acids is 2. The van der Waals surface area contributed by atoms with Gasteiger partial charge in [-0.2, -0.15) is 0 Å². The molecule has 0 saturated carbocycles. The molecule has 28 heavy (non-hydrogen) atoms. The lowest BCUT2D eigenvalue weighted by atomic mass is 9.89. The topological polar surface area (TPSA) is 90.2 Å². The van der Waals surface area contributed by atoms with E-state index >= 15 is 0 Å². The van der Waals surface area contributed by atoms with Crippen molar-refractivity contribution in [3.8, 4) is 0 Å². The summed E-state index contributed by atoms with van der Waals surface area (Å²) in [6.45, 7) is 1.05. The number of carbonyl (C=O) groups is 2. The molecule has 1 aliphatic rings. The molecule has 1 atom stereocenters. The monoisotopic (exact) mass is 402 g/mol. The van der Waals surface area contributed by atoms with Crippen molar-refractivity contribution in [2.24, 2.45) is 4.99 Å². The molecule has 2 aromatic carbocycles. The van der Waals surface area contributed by atoms with Crippen LogP contribution in [0.15, 0.2) is 53.5 Å². The highest BCUT2D eigenvalue weighted by molar-refractivity contribution is 6.31. The van der Waals surface area contributed by atoms with Gasteiger partial charge in [-0.1, -0.05) is 48.0 Å². The Morgan fingerprint density at radius 3 is 2.32 bits per heavy atom. The van der Waals surface area contributed by atoms with Gasteiger partial charge in [-0.25, -0.2) is 9.59 Å². The molecule has 1 unspecified atom stereocenters. The standard InChI is InChI=1S/C19H21ClN2.C2H2O4/c1-22(2)11-10-17-12-15-8-9-16(20)13-18(15)19(21-17)14-6-4-3-5-7-14;3-1(4)2(5)6/h3-9,13,17H,10-12H2,1-2H3;(H,3,4)(H,5,6). The molecule has 0 saturated heterocycles. The van der Waals surface area contributed by atoms with Crippen LogP contribution in [0.4, 0.5) is 0 Å². The minimum absolute atomic E-state index is 0.339. The highest BCUT2D eigenvalue weighted by atomic mass is 35.5. The Kier molecular flexibility index (Phi) is 7.72. The van der Waals surface area contributed by atoms with Crippen molar-refractivity contribution in [1.82, 2.24) is 4.90 Å². The first-order valence-corrected chi connectivity index (χ1v) is 9.18. The average Bonchev–Trinajstić information content (AvgIpc) is 2.67. The third-order valence-corrected chi connectivity index (χ3v) is 4.47. The van der Waals surface area contributed by atoms with Gasteiger partial charge in [0.15, 0.2) is 0 Å². The zero-order chi connectivity index (χ0) is 20.7. The third kappa shape index (κ3) is 6.18. The summed E-state index contributed by atoms with van der Waals surface area (Å²) in [6, 6.07) is 16.9. The summed E-state index contributed by atoms with van der Waals surface area (Å²) in [6.07, 6.45) is 2.07. The van der Waals surface area contributed by atoms with E-state index in [0.717, 1.165) is 30.1 Å². The molecule has 0 amide bonds. The Morgan fingerprint density at radius 1 is 1.11 bits per heavy atom. The Labute approximate surface area is 169 Å². The molecule has 0 aliphatic carbocycles. The largest absolute Gasteiger partial charge is 0.473 e. The molecule has 0 spiro atoms. The van der Waals surface area contributed by atoms with Gasteiger partial charge in [0.05, 0.1) is 11.8 Å². The van der Waals surface area contributed by atoms with Gasteiger partial charge >= 0.3 is 11.9 Å². The van der Waals surface area contributed by atoms with E-state index in [2.05, 4.69) is 49.3 Å². The van der Waals surface area contributed by atoms with Crippen molar-refractivity contribution in [3.63, 3.8) is 0 Å². The first-order chi connectivity index (χ1) is 13.3. The highest BCUT2D eigenvalue weighted by Gasteiger charge is 2.22. The van der Waals surface area contributed by atoms with Crippen molar-refractivity contribution < 1.29 is 19.8 Å². The summed E-state index contributed by atoms with van der Waals surface area (Å²) in [5.41, 5.74) is 4.77. The van der Waals surface area contributed by atoms with Crippen LogP contribution in [-0.2, 0) is 16.0 Å². The molecular weight excluding hydrogens is 380 g/mol. The number of carboxylic acids is 2. The van der Waals surface area contributed by atoms with Crippen LogP contribution in [0.2, 0.25) is 5.02 Å². The number of carboxylic acid groups (broad SMARTS) is 2. The van der Waals surface area contributed by atoms with Crippen LogP contribution in [0.5, 0.6) is 0 Å². The maximum Gasteiger partial charge on any atom is 0.414 e. The zero-order valence-corrected chi connectivity index (χ0v) is 16.6. The predicted molar refractivity (Wildman–Crippen MR) is 109 cm³/mol. The van der Waals surface area contributed by atoms with E-state index in [4.69, 9.17) is 36.4 Å². The van der Waals surface area contributed by atoms with E-state index < -0.39 is 11.9 Å². The van der Waals surface area contributed by atoms with Gasteiger partial charge in [0, 0.05) is 16.1 Å². The van der Waals surface area contributed by atoms with E-state index in [1.807, 2.05) is 18.2 Å². The number of benzene rings is 2. The minimum Gasteiger partial charge on any atom is -0.473 e. The average molecular weight is 403 g/mol. The maximum atomic E-state index is 9.10. The summed E-state index contributed by atoms with van der Waals surface area (Å²) < 4.78 is 0. The van der Waals surface area contributed by atoms with Crippen molar-refractivity contribution >= 4 is 29.3 Å². The lowest BCUT2D eigenvalue weighted by molar-refractivity contribution is -0.159. The van der Waals surface area contributed by atoms with E-state index in [-0.39, 0.29) is 0 Å². The molecule has 0 aromatic heterocycles. The number of aliphatic imine (C=N–C) groups is 1. The number of rotatable bonds is 4. The van der Waals surface area contributed by atoms with Gasteiger partial charge in [0.25, 0.3) is 0 Å². The molecule has 1 heterocycles. The highest BCUT2D eigenvalue weighted by Crippen LogP contribution is 2.27. The van der Waals surface area contributed by atoms with Crippen LogP contribution in [0.3, 0.4) is 0 Å². The minimum atomic E-state index is -1.82. The second-order valence-electron chi connectivity index (χ2n) is 6.71. The SMILES string of the molecule is CN(C)CCC1Cc2ccc(Cl)cc2C(c2ccccc2)=N1.O=C(O)C(=O)O. The fourth-order valence-corrected chi connectivity index (χ4v) is 3.07. The molecule has 0 radical (unpaired) electrons. The van der Waals surface area contributed by atoms with Crippen LogP contribution in [0, 0.1) is 0 Å². The van der Waals surface area contributed by atoms with Gasteiger partial charge in [-0.05, 0) is 51.2 Å². The number of nitrogens with zero attached hydrogens (tertiary/aromatic N) is 2. The molecule has 6 nitrogen and oxygen atoms in total. The number of hydrogen-bond donors (Lipinski definition) is 2. The number of fused-ring (bicyclic) bond motifs is 1. The Balaban J connectivity index is 0.000000409. The number of halogens is 1. The summed E-state index contributed by atoms with van der Waals surface area (Å²) >= 11 is 6.21. The fraction of sp³-hybridized carbons (Fsp3) is 0.286. The summed E-state index contributed by atoms with van der Waals surface area (Å²) in [4.78, 5) is 25.5. The number of hydrogen-bond acceptors (Lipinski definition) is 4. The predicted octanol–water partition coefficient (Wildman–Crippen LogP) is 3.21. The molecular formula is C21H23ClN2O4.